The molecule has 0 heterocycles. The van der Waals surface area contributed by atoms with Crippen LogP contribution in [0.4, 0.5) is 11.4 Å². The largest absolute Gasteiger partial charge is 2.00 e. The fourth-order valence-electron chi connectivity index (χ4n) is 3.03. The van der Waals surface area contributed by atoms with Crippen molar-refractivity contribution >= 4 is 53.2 Å². The molecular formula is C20H16MnN2O6S2. The molecule has 0 spiro atoms. The minimum Gasteiger partial charge on any atom is -0.744 e. The second-order valence-electron chi connectivity index (χ2n) is 6.31. The van der Waals surface area contributed by atoms with E-state index in [0.717, 1.165) is 0 Å². The van der Waals surface area contributed by atoms with Crippen LogP contribution >= 0.6 is 0 Å². The predicted octanol–water partition coefficient (Wildman–Crippen LogP) is 2.65. The van der Waals surface area contributed by atoms with Crippen molar-refractivity contribution in [3.05, 3.63) is 72.8 Å². The minimum atomic E-state index is -4.45. The third-order valence-electron chi connectivity index (χ3n) is 4.37. The van der Waals surface area contributed by atoms with Crippen molar-refractivity contribution in [3.63, 3.8) is 0 Å². The molecule has 8 nitrogen and oxygen atoms in total. The number of hydrogen-bond donors (Lipinski definition) is 2. The van der Waals surface area contributed by atoms with Crippen molar-refractivity contribution in [2.75, 3.05) is 11.5 Å². The van der Waals surface area contributed by atoms with Gasteiger partial charge in [0.25, 0.3) is 0 Å². The fraction of sp³-hybridized carbons (Fsp3) is 0. The number of fused-ring (bicyclic) bond motifs is 2. The van der Waals surface area contributed by atoms with Crippen molar-refractivity contribution in [2.24, 2.45) is 0 Å². The molecule has 0 fully saturated rings. The maximum atomic E-state index is 11.0. The van der Waals surface area contributed by atoms with Gasteiger partial charge in [-0.25, -0.2) is 16.8 Å². The van der Waals surface area contributed by atoms with Crippen molar-refractivity contribution < 1.29 is 43.0 Å². The van der Waals surface area contributed by atoms with Gasteiger partial charge in [-0.3, -0.25) is 0 Å². The Morgan fingerprint density at radius 1 is 0.516 bits per heavy atom. The van der Waals surface area contributed by atoms with Gasteiger partial charge in [0.05, 0.1) is 9.79 Å². The van der Waals surface area contributed by atoms with Crippen LogP contribution in [0.5, 0.6) is 0 Å². The first kappa shape index (κ1) is 24.6. The van der Waals surface area contributed by atoms with E-state index in [2.05, 4.69) is 0 Å². The minimum absolute atomic E-state index is 0. The number of hydrogen-bond acceptors (Lipinski definition) is 8. The average molecular weight is 499 g/mol. The standard InChI is InChI=1S/2C10H9NO3S.Mn/c2*11-9-5-6-10(15(12,13)14)8-4-2-1-3-7(8)9;/h2*1-6H,11H2,(H,12,13,14);/q;;+2/p-2. The number of benzene rings is 4. The molecular weight excluding hydrogens is 483 g/mol. The van der Waals surface area contributed by atoms with E-state index in [9.17, 15) is 25.9 Å². The molecule has 0 aliphatic heterocycles. The Balaban J connectivity index is 0.000000213. The summed E-state index contributed by atoms with van der Waals surface area (Å²) in [4.78, 5) is -0.459. The van der Waals surface area contributed by atoms with E-state index in [0.29, 0.717) is 32.9 Å². The van der Waals surface area contributed by atoms with Crippen LogP contribution in [0.2, 0.25) is 0 Å². The summed E-state index contributed by atoms with van der Waals surface area (Å²) in [5, 5.41) is 1.89. The van der Waals surface area contributed by atoms with E-state index in [1.807, 2.05) is 0 Å². The first-order valence-corrected chi connectivity index (χ1v) is 11.3. The van der Waals surface area contributed by atoms with Crippen LogP contribution in [0.15, 0.2) is 82.6 Å². The zero-order valence-electron chi connectivity index (χ0n) is 15.7. The van der Waals surface area contributed by atoms with Gasteiger partial charge in [0, 0.05) is 32.9 Å². The van der Waals surface area contributed by atoms with Crippen molar-refractivity contribution in [1.82, 2.24) is 0 Å². The Kier molecular flexibility index (Phi) is 7.32. The number of anilines is 2. The summed E-state index contributed by atoms with van der Waals surface area (Å²) in [5.41, 5.74) is 12.3. The van der Waals surface area contributed by atoms with Gasteiger partial charge >= 0.3 is 17.1 Å². The van der Waals surface area contributed by atoms with E-state index in [1.54, 1.807) is 48.5 Å². The topological polar surface area (TPSA) is 166 Å². The quantitative estimate of drug-likeness (QED) is 0.241. The zero-order valence-corrected chi connectivity index (χ0v) is 18.5. The first-order chi connectivity index (χ1) is 14.0. The van der Waals surface area contributed by atoms with Gasteiger partial charge in [-0.15, -0.1) is 0 Å². The van der Waals surface area contributed by atoms with Crippen LogP contribution in [0.25, 0.3) is 21.5 Å². The number of rotatable bonds is 2. The summed E-state index contributed by atoms with van der Waals surface area (Å²) in [7, 11) is -8.90. The monoisotopic (exact) mass is 499 g/mol. The smallest absolute Gasteiger partial charge is 0.744 e. The fourth-order valence-corrected chi connectivity index (χ4v) is 4.39. The van der Waals surface area contributed by atoms with Crippen molar-refractivity contribution in [1.29, 1.82) is 0 Å². The molecule has 0 saturated heterocycles. The molecule has 1 radical (unpaired) electrons. The second-order valence-corrected chi connectivity index (χ2v) is 9.00. The Labute approximate surface area is 189 Å². The zero-order chi connectivity index (χ0) is 22.1. The summed E-state index contributed by atoms with van der Waals surface area (Å²) >= 11 is 0. The molecule has 0 bridgehead atoms. The van der Waals surface area contributed by atoms with Gasteiger partial charge < -0.3 is 20.6 Å². The van der Waals surface area contributed by atoms with Gasteiger partial charge in [-0.05, 0) is 24.3 Å². The van der Waals surface area contributed by atoms with Crippen LogP contribution in [0.3, 0.4) is 0 Å². The van der Waals surface area contributed by atoms with Crippen molar-refractivity contribution in [3.8, 4) is 0 Å². The van der Waals surface area contributed by atoms with Crippen molar-refractivity contribution in [2.45, 2.75) is 9.79 Å². The molecule has 0 aliphatic rings. The van der Waals surface area contributed by atoms with Gasteiger partial charge in [-0.1, -0.05) is 48.5 Å². The average Bonchev–Trinajstić information content (AvgIpc) is 2.67. The summed E-state index contributed by atoms with van der Waals surface area (Å²) in [5.74, 6) is 0. The Bertz CT molecular complexity index is 1360. The molecule has 0 aliphatic carbocycles. The van der Waals surface area contributed by atoms with Crippen LogP contribution in [0, 0.1) is 0 Å². The Hall–Kier alpha value is -2.66. The van der Waals surface area contributed by atoms with Crippen LogP contribution in [0.1, 0.15) is 0 Å². The normalized spacial score (nSPS) is 11.4. The Morgan fingerprint density at radius 3 is 1.10 bits per heavy atom. The molecule has 0 amide bonds. The first-order valence-electron chi connectivity index (χ1n) is 8.46. The van der Waals surface area contributed by atoms with Crippen LogP contribution in [-0.2, 0) is 37.3 Å². The van der Waals surface area contributed by atoms with Crippen LogP contribution in [-0.4, -0.2) is 25.9 Å². The molecule has 31 heavy (non-hydrogen) atoms. The summed E-state index contributed by atoms with van der Waals surface area (Å²) in [6.45, 7) is 0. The molecule has 0 saturated carbocycles. The maximum absolute atomic E-state index is 11.0. The molecule has 0 atom stereocenters. The molecule has 0 unspecified atom stereocenters. The summed E-state index contributed by atoms with van der Waals surface area (Å²) in [6.07, 6.45) is 0. The molecule has 161 valence electrons. The third kappa shape index (κ3) is 5.34. The molecule has 0 aromatic heterocycles. The molecule has 4 N–H and O–H groups in total. The van der Waals surface area contributed by atoms with Gasteiger partial charge in [0.2, 0.25) is 0 Å². The van der Waals surface area contributed by atoms with E-state index >= 15 is 0 Å². The Morgan fingerprint density at radius 2 is 0.806 bits per heavy atom. The predicted molar refractivity (Wildman–Crippen MR) is 113 cm³/mol. The summed E-state index contributed by atoms with van der Waals surface area (Å²) in [6, 6.07) is 18.6. The maximum Gasteiger partial charge on any atom is 2.00 e. The second kappa shape index (κ2) is 9.23. The van der Waals surface area contributed by atoms with Gasteiger partial charge in [0.15, 0.2) is 0 Å². The van der Waals surface area contributed by atoms with E-state index in [1.165, 1.54) is 24.3 Å². The molecule has 11 heteroatoms. The number of nitrogen functional groups attached to an aromatic ring is 2. The molecule has 4 aromatic rings. The van der Waals surface area contributed by atoms with Gasteiger partial charge in [-0.2, -0.15) is 0 Å². The van der Waals surface area contributed by atoms with E-state index in [-0.39, 0.29) is 26.9 Å². The van der Waals surface area contributed by atoms with E-state index in [4.69, 9.17) is 11.5 Å². The third-order valence-corrected chi connectivity index (χ3v) is 6.16. The molecule has 4 aromatic carbocycles. The molecule has 4 rings (SSSR count). The summed E-state index contributed by atoms with van der Waals surface area (Å²) < 4.78 is 65.8. The SMILES string of the molecule is Nc1ccc(S(=O)(=O)[O-])c2ccccc12.Nc1ccc(S(=O)(=O)[O-])c2ccccc12.[Mn+2]. The van der Waals surface area contributed by atoms with Crippen LogP contribution < -0.4 is 11.5 Å². The number of nitrogens with two attached hydrogens (primary N) is 2. The van der Waals surface area contributed by atoms with Gasteiger partial charge in [0.1, 0.15) is 20.2 Å². The van der Waals surface area contributed by atoms with E-state index < -0.39 is 20.2 Å².